The summed E-state index contributed by atoms with van der Waals surface area (Å²) in [6, 6.07) is 12.8. The Morgan fingerprint density at radius 3 is 2.12 bits per heavy atom. The summed E-state index contributed by atoms with van der Waals surface area (Å²) in [5.74, 6) is -0.314. The molecular weight excluding hydrogens is 206 g/mol. The van der Waals surface area contributed by atoms with Crippen LogP contribution in [-0.4, -0.2) is 17.2 Å². The summed E-state index contributed by atoms with van der Waals surface area (Å²) >= 11 is 0. The average Bonchev–Trinajstić information content (AvgIpc) is 2.30. The van der Waals surface area contributed by atoms with Gasteiger partial charge in [-0.25, -0.2) is 4.39 Å². The summed E-state index contributed by atoms with van der Waals surface area (Å²) in [7, 11) is -1.53. The number of halogens is 1. The van der Waals surface area contributed by atoms with Crippen molar-refractivity contribution in [3.05, 3.63) is 54.3 Å². The van der Waals surface area contributed by atoms with Gasteiger partial charge in [0.2, 0.25) is 0 Å². The summed E-state index contributed by atoms with van der Waals surface area (Å²) in [6.45, 7) is 0. The molecule has 80 valence electrons. The zero-order valence-corrected chi connectivity index (χ0v) is 8.47. The quantitative estimate of drug-likeness (QED) is 0.739. The van der Waals surface area contributed by atoms with Crippen molar-refractivity contribution in [2.75, 3.05) is 0 Å². The summed E-state index contributed by atoms with van der Waals surface area (Å²) in [5, 5.41) is 18.4. The molecule has 2 aromatic carbocycles. The normalized spacial score (nSPS) is 10.2. The largest absolute Gasteiger partial charge is 0.489 e. The van der Waals surface area contributed by atoms with Crippen LogP contribution in [0.3, 0.4) is 0 Å². The van der Waals surface area contributed by atoms with E-state index in [1.807, 2.05) is 0 Å². The van der Waals surface area contributed by atoms with Gasteiger partial charge in [-0.2, -0.15) is 0 Å². The van der Waals surface area contributed by atoms with Gasteiger partial charge in [0.25, 0.3) is 0 Å². The Balaban J connectivity index is 2.51. The molecule has 0 amide bonds. The maximum Gasteiger partial charge on any atom is 0.489 e. The van der Waals surface area contributed by atoms with Crippen LogP contribution >= 0.6 is 0 Å². The molecule has 0 atom stereocenters. The van der Waals surface area contributed by atoms with Crippen molar-refractivity contribution in [1.82, 2.24) is 0 Å². The van der Waals surface area contributed by atoms with Gasteiger partial charge in [-0.3, -0.25) is 0 Å². The molecule has 0 radical (unpaired) electrons. The van der Waals surface area contributed by atoms with E-state index in [4.69, 9.17) is 0 Å². The maximum atomic E-state index is 12.8. The molecule has 0 saturated heterocycles. The molecule has 2 aromatic rings. The zero-order chi connectivity index (χ0) is 11.5. The van der Waals surface area contributed by atoms with E-state index in [1.54, 1.807) is 36.4 Å². The van der Waals surface area contributed by atoms with Gasteiger partial charge in [-0.1, -0.05) is 36.4 Å². The summed E-state index contributed by atoms with van der Waals surface area (Å²) in [4.78, 5) is 0. The Labute approximate surface area is 93.1 Å². The molecule has 0 fully saturated rings. The highest BCUT2D eigenvalue weighted by Gasteiger charge is 2.15. The van der Waals surface area contributed by atoms with Gasteiger partial charge in [-0.15, -0.1) is 0 Å². The van der Waals surface area contributed by atoms with Crippen molar-refractivity contribution in [2.24, 2.45) is 0 Å². The summed E-state index contributed by atoms with van der Waals surface area (Å²) in [5.41, 5.74) is 1.86. The molecule has 0 saturated carbocycles. The highest BCUT2D eigenvalue weighted by Crippen LogP contribution is 2.17. The van der Waals surface area contributed by atoms with Gasteiger partial charge in [0.05, 0.1) is 0 Å². The van der Waals surface area contributed by atoms with Crippen molar-refractivity contribution in [3.8, 4) is 11.1 Å². The second-order valence-corrected chi connectivity index (χ2v) is 3.47. The highest BCUT2D eigenvalue weighted by molar-refractivity contribution is 6.60. The molecule has 0 aromatic heterocycles. The number of benzene rings is 2. The molecule has 16 heavy (non-hydrogen) atoms. The van der Waals surface area contributed by atoms with Gasteiger partial charge in [0, 0.05) is 0 Å². The lowest BCUT2D eigenvalue weighted by molar-refractivity contribution is 0.426. The first-order valence-electron chi connectivity index (χ1n) is 4.89. The van der Waals surface area contributed by atoms with Gasteiger partial charge >= 0.3 is 7.12 Å². The zero-order valence-electron chi connectivity index (χ0n) is 8.47. The van der Waals surface area contributed by atoms with Crippen molar-refractivity contribution >= 4 is 12.6 Å². The van der Waals surface area contributed by atoms with Crippen molar-refractivity contribution in [1.29, 1.82) is 0 Å². The second kappa shape index (κ2) is 4.47. The van der Waals surface area contributed by atoms with Crippen molar-refractivity contribution in [2.45, 2.75) is 0 Å². The number of hydrogen-bond acceptors (Lipinski definition) is 2. The molecule has 2 rings (SSSR count). The summed E-state index contributed by atoms with van der Waals surface area (Å²) < 4.78 is 12.8. The molecular formula is C12H10BFO2. The third-order valence-corrected chi connectivity index (χ3v) is 2.39. The van der Waals surface area contributed by atoms with E-state index in [0.29, 0.717) is 11.0 Å². The molecule has 0 spiro atoms. The van der Waals surface area contributed by atoms with Crippen LogP contribution in [0.25, 0.3) is 11.1 Å². The second-order valence-electron chi connectivity index (χ2n) is 3.47. The van der Waals surface area contributed by atoms with E-state index >= 15 is 0 Å². The molecule has 2 nitrogen and oxygen atoms in total. The smallest absolute Gasteiger partial charge is 0.423 e. The fraction of sp³-hybridized carbons (Fsp3) is 0. The van der Waals surface area contributed by atoms with Crippen LogP contribution in [0.5, 0.6) is 0 Å². The van der Waals surface area contributed by atoms with Crippen LogP contribution in [0.4, 0.5) is 4.39 Å². The third-order valence-electron chi connectivity index (χ3n) is 2.39. The van der Waals surface area contributed by atoms with Gasteiger partial charge in [-0.05, 0) is 28.7 Å². The molecule has 0 heterocycles. The first-order valence-corrected chi connectivity index (χ1v) is 4.89. The molecule has 0 aliphatic heterocycles. The molecule has 2 N–H and O–H groups in total. The van der Waals surface area contributed by atoms with E-state index in [1.165, 1.54) is 12.1 Å². The van der Waals surface area contributed by atoms with Crippen LogP contribution < -0.4 is 5.46 Å². The van der Waals surface area contributed by atoms with E-state index in [0.717, 1.165) is 5.56 Å². The van der Waals surface area contributed by atoms with Crippen LogP contribution in [-0.2, 0) is 0 Å². The Kier molecular flexibility index (Phi) is 3.03. The first kappa shape index (κ1) is 10.9. The van der Waals surface area contributed by atoms with Crippen LogP contribution in [0.15, 0.2) is 48.5 Å². The molecule has 0 aliphatic carbocycles. The van der Waals surface area contributed by atoms with Gasteiger partial charge in [0.15, 0.2) is 0 Å². The predicted octanol–water partition coefficient (Wildman–Crippen LogP) is 1.17. The topological polar surface area (TPSA) is 40.5 Å². The van der Waals surface area contributed by atoms with E-state index < -0.39 is 7.12 Å². The highest BCUT2D eigenvalue weighted by atomic mass is 19.1. The minimum atomic E-state index is -1.53. The standard InChI is InChI=1S/C12H10BFO2/c14-10-7-5-9(6-8-10)11-3-1-2-4-12(11)13(15)16/h1-8,15-16H. The lowest BCUT2D eigenvalue weighted by Crippen LogP contribution is -2.31. The molecule has 0 bridgehead atoms. The lowest BCUT2D eigenvalue weighted by Gasteiger charge is -2.08. The fourth-order valence-corrected chi connectivity index (χ4v) is 1.61. The first-order chi connectivity index (χ1) is 7.68. The minimum absolute atomic E-state index is 0.314. The monoisotopic (exact) mass is 216 g/mol. The molecule has 0 unspecified atom stereocenters. The van der Waals surface area contributed by atoms with Crippen molar-refractivity contribution in [3.63, 3.8) is 0 Å². The van der Waals surface area contributed by atoms with E-state index in [9.17, 15) is 14.4 Å². The number of rotatable bonds is 2. The number of hydrogen-bond donors (Lipinski definition) is 2. The predicted molar refractivity (Wildman–Crippen MR) is 61.7 cm³/mol. The van der Waals surface area contributed by atoms with Gasteiger partial charge < -0.3 is 10.0 Å². The Morgan fingerprint density at radius 1 is 0.875 bits per heavy atom. The van der Waals surface area contributed by atoms with Crippen LogP contribution in [0.1, 0.15) is 0 Å². The average molecular weight is 216 g/mol. The SMILES string of the molecule is OB(O)c1ccccc1-c1ccc(F)cc1. The lowest BCUT2D eigenvalue weighted by atomic mass is 9.75. The Hall–Kier alpha value is -1.65. The van der Waals surface area contributed by atoms with Crippen LogP contribution in [0.2, 0.25) is 0 Å². The summed E-state index contributed by atoms with van der Waals surface area (Å²) in [6.07, 6.45) is 0. The Morgan fingerprint density at radius 2 is 1.50 bits per heavy atom. The van der Waals surface area contributed by atoms with E-state index in [2.05, 4.69) is 0 Å². The maximum absolute atomic E-state index is 12.8. The minimum Gasteiger partial charge on any atom is -0.423 e. The van der Waals surface area contributed by atoms with Crippen molar-refractivity contribution < 1.29 is 14.4 Å². The van der Waals surface area contributed by atoms with Gasteiger partial charge in [0.1, 0.15) is 5.82 Å². The van der Waals surface area contributed by atoms with Crippen LogP contribution in [0, 0.1) is 5.82 Å². The van der Waals surface area contributed by atoms with E-state index in [-0.39, 0.29) is 5.82 Å². The Bertz CT molecular complexity index is 483. The molecule has 4 heteroatoms. The third kappa shape index (κ3) is 2.13. The molecule has 0 aliphatic rings. The fourth-order valence-electron chi connectivity index (χ4n) is 1.61.